The predicted octanol–water partition coefficient (Wildman–Crippen LogP) is 24.2. The van der Waals surface area contributed by atoms with Crippen molar-refractivity contribution in [2.45, 2.75) is 341 Å². The molecule has 0 amide bonds. The third-order valence-corrected chi connectivity index (χ3v) is 15.0. The molecule has 0 rings (SSSR count). The first kappa shape index (κ1) is 78.1. The van der Waals surface area contributed by atoms with Crippen molar-refractivity contribution in [3.8, 4) is 0 Å². The van der Waals surface area contributed by atoms with E-state index in [0.717, 1.165) is 116 Å². The minimum Gasteiger partial charge on any atom is -0.462 e. The second-order valence-corrected chi connectivity index (χ2v) is 23.0. The van der Waals surface area contributed by atoms with Crippen molar-refractivity contribution in [2.75, 3.05) is 13.2 Å². The molecule has 6 heteroatoms. The Bertz CT molecular complexity index is 1640. The standard InChI is InChI=1S/C76H130O6/c1-4-7-10-13-16-18-20-22-24-26-28-30-32-34-36-38-40-42-44-46-48-50-52-54-56-58-60-63-66-69-75(78)81-72-73(71-80-74(77)68-65-62-15-12-9-6-3)82-76(79)70-67-64-61-59-57-55-53-51-49-47-45-43-41-39-37-35-33-31-29-27-25-23-21-19-17-14-11-8-5-2/h7-8,10-11,16-19,22-25,28-31,34,36,73H,4-6,9,12-15,20-21,26-27,32-33,35,37-72H2,1-3H3/b10-7-,11-8-,18-16-,19-17-,24-22-,25-23-,30-28-,31-29-,36-34-. The summed E-state index contributed by atoms with van der Waals surface area (Å²) in [6, 6.07) is 0. The van der Waals surface area contributed by atoms with Crippen molar-refractivity contribution in [1.82, 2.24) is 0 Å². The Morgan fingerprint density at radius 3 is 0.744 bits per heavy atom. The molecular weight excluding hydrogens is 1010 g/mol. The molecule has 0 aliphatic heterocycles. The first-order valence-electron chi connectivity index (χ1n) is 34.9. The summed E-state index contributed by atoms with van der Waals surface area (Å²) < 4.78 is 16.9. The van der Waals surface area contributed by atoms with E-state index in [4.69, 9.17) is 14.2 Å². The van der Waals surface area contributed by atoms with Gasteiger partial charge in [-0.1, -0.05) is 323 Å². The van der Waals surface area contributed by atoms with Crippen molar-refractivity contribution in [2.24, 2.45) is 0 Å². The maximum Gasteiger partial charge on any atom is 0.306 e. The van der Waals surface area contributed by atoms with E-state index < -0.39 is 6.10 Å². The van der Waals surface area contributed by atoms with Crippen LogP contribution in [0.5, 0.6) is 0 Å². The molecule has 0 aromatic carbocycles. The number of esters is 3. The summed E-state index contributed by atoms with van der Waals surface area (Å²) in [5, 5.41) is 0. The van der Waals surface area contributed by atoms with E-state index in [0.29, 0.717) is 19.3 Å². The summed E-state index contributed by atoms with van der Waals surface area (Å²) >= 11 is 0. The lowest BCUT2D eigenvalue weighted by atomic mass is 10.0. The monoisotopic (exact) mass is 1140 g/mol. The van der Waals surface area contributed by atoms with Gasteiger partial charge < -0.3 is 14.2 Å². The van der Waals surface area contributed by atoms with Gasteiger partial charge in [0.25, 0.3) is 0 Å². The summed E-state index contributed by atoms with van der Waals surface area (Å²) in [4.78, 5) is 38.1. The largest absolute Gasteiger partial charge is 0.462 e. The number of unbranched alkanes of at least 4 members (excludes halogenated alkanes) is 34. The van der Waals surface area contributed by atoms with Crippen LogP contribution in [-0.4, -0.2) is 37.2 Å². The zero-order valence-corrected chi connectivity index (χ0v) is 54.0. The van der Waals surface area contributed by atoms with Gasteiger partial charge in [0.2, 0.25) is 0 Å². The lowest BCUT2D eigenvalue weighted by Crippen LogP contribution is -2.30. The van der Waals surface area contributed by atoms with Crippen LogP contribution in [0.3, 0.4) is 0 Å². The molecule has 0 bridgehead atoms. The number of ether oxygens (including phenoxy) is 3. The number of hydrogen-bond donors (Lipinski definition) is 0. The van der Waals surface area contributed by atoms with E-state index in [-0.39, 0.29) is 31.1 Å². The molecule has 6 nitrogen and oxygen atoms in total. The fraction of sp³-hybridized carbons (Fsp3) is 0.724. The van der Waals surface area contributed by atoms with Crippen molar-refractivity contribution in [1.29, 1.82) is 0 Å². The normalized spacial score (nSPS) is 12.8. The van der Waals surface area contributed by atoms with Gasteiger partial charge in [-0.05, 0) is 103 Å². The molecule has 0 aromatic rings. The number of carbonyl (C=O) groups is 3. The number of rotatable bonds is 63. The number of carbonyl (C=O) groups excluding carboxylic acids is 3. The van der Waals surface area contributed by atoms with Crippen LogP contribution in [0.4, 0.5) is 0 Å². The van der Waals surface area contributed by atoms with E-state index in [9.17, 15) is 14.4 Å². The van der Waals surface area contributed by atoms with Crippen LogP contribution in [-0.2, 0) is 28.6 Å². The highest BCUT2D eigenvalue weighted by Crippen LogP contribution is 2.17. The molecule has 0 saturated heterocycles. The average Bonchev–Trinajstić information content (AvgIpc) is 3.47. The van der Waals surface area contributed by atoms with Crippen LogP contribution in [0.25, 0.3) is 0 Å². The van der Waals surface area contributed by atoms with Crippen molar-refractivity contribution in [3.63, 3.8) is 0 Å². The van der Waals surface area contributed by atoms with E-state index in [1.807, 2.05) is 0 Å². The van der Waals surface area contributed by atoms with Crippen molar-refractivity contribution < 1.29 is 28.6 Å². The lowest BCUT2D eigenvalue weighted by molar-refractivity contribution is -0.167. The molecule has 1 unspecified atom stereocenters. The van der Waals surface area contributed by atoms with Gasteiger partial charge in [0.1, 0.15) is 13.2 Å². The third-order valence-electron chi connectivity index (χ3n) is 15.0. The molecule has 0 spiro atoms. The van der Waals surface area contributed by atoms with Gasteiger partial charge in [0.05, 0.1) is 0 Å². The second kappa shape index (κ2) is 69.6. The predicted molar refractivity (Wildman–Crippen MR) is 357 cm³/mol. The molecule has 0 heterocycles. The highest BCUT2D eigenvalue weighted by molar-refractivity contribution is 5.71. The Morgan fingerprint density at radius 2 is 0.476 bits per heavy atom. The highest BCUT2D eigenvalue weighted by atomic mass is 16.6. The quantitative estimate of drug-likeness (QED) is 0.0261. The fourth-order valence-corrected chi connectivity index (χ4v) is 9.88. The van der Waals surface area contributed by atoms with Crippen LogP contribution >= 0.6 is 0 Å². The van der Waals surface area contributed by atoms with Crippen molar-refractivity contribution >= 4 is 17.9 Å². The lowest BCUT2D eigenvalue weighted by Gasteiger charge is -2.18. The van der Waals surface area contributed by atoms with Crippen LogP contribution in [0.1, 0.15) is 335 Å². The summed E-state index contributed by atoms with van der Waals surface area (Å²) in [5.74, 6) is -0.873. The van der Waals surface area contributed by atoms with E-state index in [1.165, 1.54) is 180 Å². The van der Waals surface area contributed by atoms with Crippen LogP contribution in [0.2, 0.25) is 0 Å². The molecule has 0 aromatic heterocycles. The fourth-order valence-electron chi connectivity index (χ4n) is 9.88. The van der Waals surface area contributed by atoms with Crippen LogP contribution < -0.4 is 0 Å². The van der Waals surface area contributed by atoms with Crippen LogP contribution in [0.15, 0.2) is 109 Å². The van der Waals surface area contributed by atoms with E-state index in [1.54, 1.807) is 0 Å². The minimum atomic E-state index is -0.775. The van der Waals surface area contributed by atoms with Gasteiger partial charge in [-0.25, -0.2) is 0 Å². The second-order valence-electron chi connectivity index (χ2n) is 23.0. The maximum absolute atomic E-state index is 12.9. The maximum atomic E-state index is 12.9. The minimum absolute atomic E-state index is 0.0751. The molecule has 0 N–H and O–H groups in total. The summed E-state index contributed by atoms with van der Waals surface area (Å²) in [6.07, 6.45) is 95.8. The zero-order chi connectivity index (χ0) is 59.2. The molecule has 0 fully saturated rings. The summed E-state index contributed by atoms with van der Waals surface area (Å²) in [6.45, 7) is 6.39. The molecule has 0 saturated carbocycles. The first-order valence-corrected chi connectivity index (χ1v) is 34.9. The van der Waals surface area contributed by atoms with E-state index in [2.05, 4.69) is 130 Å². The Balaban J connectivity index is 4.03. The summed E-state index contributed by atoms with van der Waals surface area (Å²) in [7, 11) is 0. The van der Waals surface area contributed by atoms with Gasteiger partial charge in [0, 0.05) is 19.3 Å². The Hall–Kier alpha value is -3.93. The SMILES string of the molecule is CC/C=C\C/C=C\C/C=C\C/C=C\C/C=C\CCCCCCCCCCCCCCCC(=O)OCC(COC(=O)CCCCCCCC)OC(=O)CCCCCCCCCCCCCCCCCC/C=C\C/C=C\C/C=C\C/C=C\CC. The number of hydrogen-bond acceptors (Lipinski definition) is 6. The molecule has 82 heavy (non-hydrogen) atoms. The van der Waals surface area contributed by atoms with Gasteiger partial charge >= 0.3 is 17.9 Å². The summed E-state index contributed by atoms with van der Waals surface area (Å²) in [5.41, 5.74) is 0. The Kier molecular flexibility index (Phi) is 66.2. The highest BCUT2D eigenvalue weighted by Gasteiger charge is 2.19. The number of allylic oxidation sites excluding steroid dienone is 18. The molecular formula is C76H130O6. The molecule has 470 valence electrons. The van der Waals surface area contributed by atoms with Gasteiger partial charge in [-0.3, -0.25) is 14.4 Å². The van der Waals surface area contributed by atoms with Gasteiger partial charge in [0.15, 0.2) is 6.10 Å². The third kappa shape index (κ3) is 66.9. The first-order chi connectivity index (χ1) is 40.5. The zero-order valence-electron chi connectivity index (χ0n) is 54.0. The van der Waals surface area contributed by atoms with Gasteiger partial charge in [-0.15, -0.1) is 0 Å². The molecule has 0 aliphatic rings. The molecule has 0 radical (unpaired) electrons. The molecule has 1 atom stereocenters. The topological polar surface area (TPSA) is 78.9 Å². The average molecular weight is 1140 g/mol. The van der Waals surface area contributed by atoms with E-state index >= 15 is 0 Å². The smallest absolute Gasteiger partial charge is 0.306 e. The Labute approximate surface area is 508 Å². The Morgan fingerprint density at radius 1 is 0.256 bits per heavy atom. The van der Waals surface area contributed by atoms with Crippen LogP contribution in [0, 0.1) is 0 Å². The van der Waals surface area contributed by atoms with Gasteiger partial charge in [-0.2, -0.15) is 0 Å². The molecule has 0 aliphatic carbocycles. The van der Waals surface area contributed by atoms with Crippen molar-refractivity contribution in [3.05, 3.63) is 109 Å².